The molecule has 0 aliphatic carbocycles. The molecule has 0 amide bonds. The van der Waals surface area contributed by atoms with Crippen LogP contribution in [0, 0.1) is 5.82 Å². The van der Waals surface area contributed by atoms with E-state index in [1.54, 1.807) is 6.07 Å². The van der Waals surface area contributed by atoms with Gasteiger partial charge in [0.2, 0.25) is 0 Å². The molecule has 17 heavy (non-hydrogen) atoms. The van der Waals surface area contributed by atoms with E-state index in [1.165, 1.54) is 0 Å². The smallest absolute Gasteiger partial charge is 0.128 e. The highest BCUT2D eigenvalue weighted by atomic mass is 19.1. The maximum atomic E-state index is 14.1. The second-order valence-corrected chi connectivity index (χ2v) is 5.65. The average Bonchev–Trinajstić information content (AvgIpc) is 2.28. The number of halogens is 1. The van der Waals surface area contributed by atoms with Crippen LogP contribution in [0.2, 0.25) is 0 Å². The second kappa shape index (κ2) is 4.65. The van der Waals surface area contributed by atoms with Crippen LogP contribution in [-0.2, 0) is 5.41 Å². The van der Waals surface area contributed by atoms with E-state index in [0.29, 0.717) is 0 Å². The average molecular weight is 236 g/mol. The molecular formula is C14H21FN2. The van der Waals surface area contributed by atoms with Crippen LogP contribution in [0.4, 0.5) is 10.1 Å². The van der Waals surface area contributed by atoms with Crippen LogP contribution in [0.1, 0.15) is 26.3 Å². The number of nitrogens with zero attached hydrogens (tertiary/aromatic N) is 1. The Hall–Kier alpha value is -1.09. The molecule has 1 heterocycles. The quantitative estimate of drug-likeness (QED) is 0.806. The van der Waals surface area contributed by atoms with E-state index in [0.717, 1.165) is 37.4 Å². The van der Waals surface area contributed by atoms with Gasteiger partial charge >= 0.3 is 0 Å². The summed E-state index contributed by atoms with van der Waals surface area (Å²) in [5.74, 6) is -0.0893. The van der Waals surface area contributed by atoms with Gasteiger partial charge in [-0.1, -0.05) is 26.8 Å². The molecule has 3 heteroatoms. The molecule has 1 aromatic carbocycles. The van der Waals surface area contributed by atoms with Crippen LogP contribution in [-0.4, -0.2) is 26.2 Å². The Balaban J connectivity index is 2.24. The SMILES string of the molecule is CC(C)(C)c1ccc(N2CCNCC2)cc1F. The Labute approximate surface area is 103 Å². The van der Waals surface area contributed by atoms with Gasteiger partial charge in [-0.25, -0.2) is 4.39 Å². The zero-order valence-electron chi connectivity index (χ0n) is 10.9. The number of piperazine rings is 1. The molecule has 1 aliphatic rings. The van der Waals surface area contributed by atoms with E-state index in [2.05, 4.69) is 10.2 Å². The number of nitrogens with one attached hydrogen (secondary N) is 1. The summed E-state index contributed by atoms with van der Waals surface area (Å²) in [4.78, 5) is 2.23. The summed E-state index contributed by atoms with van der Waals surface area (Å²) in [5.41, 5.74) is 1.65. The standard InChI is InChI=1S/C14H21FN2/c1-14(2,3)12-5-4-11(10-13(12)15)17-8-6-16-7-9-17/h4-5,10,16H,6-9H2,1-3H3. The molecule has 2 rings (SSSR count). The van der Waals surface area contributed by atoms with Crippen molar-refractivity contribution < 1.29 is 4.39 Å². The lowest BCUT2D eigenvalue weighted by Gasteiger charge is -2.30. The second-order valence-electron chi connectivity index (χ2n) is 5.65. The summed E-state index contributed by atoms with van der Waals surface area (Å²) in [6.07, 6.45) is 0. The van der Waals surface area contributed by atoms with Crippen molar-refractivity contribution in [1.82, 2.24) is 5.32 Å². The fourth-order valence-electron chi connectivity index (χ4n) is 2.23. The van der Waals surface area contributed by atoms with Crippen molar-refractivity contribution in [1.29, 1.82) is 0 Å². The minimum Gasteiger partial charge on any atom is -0.369 e. The number of anilines is 1. The summed E-state index contributed by atoms with van der Waals surface area (Å²) in [6.45, 7) is 9.97. The highest BCUT2D eigenvalue weighted by Gasteiger charge is 2.19. The van der Waals surface area contributed by atoms with Crippen LogP contribution in [0.25, 0.3) is 0 Å². The first-order valence-electron chi connectivity index (χ1n) is 6.24. The molecule has 0 radical (unpaired) electrons. The van der Waals surface area contributed by atoms with Gasteiger partial charge in [0.1, 0.15) is 5.82 Å². The van der Waals surface area contributed by atoms with E-state index in [-0.39, 0.29) is 11.2 Å². The van der Waals surface area contributed by atoms with Crippen molar-refractivity contribution in [3.63, 3.8) is 0 Å². The van der Waals surface area contributed by atoms with Gasteiger partial charge in [0.05, 0.1) is 0 Å². The van der Waals surface area contributed by atoms with Gasteiger partial charge in [-0.05, 0) is 23.1 Å². The maximum absolute atomic E-state index is 14.1. The van der Waals surface area contributed by atoms with Gasteiger partial charge in [0.15, 0.2) is 0 Å². The van der Waals surface area contributed by atoms with E-state index in [1.807, 2.05) is 32.9 Å². The molecule has 2 nitrogen and oxygen atoms in total. The van der Waals surface area contributed by atoms with E-state index in [4.69, 9.17) is 0 Å². The molecule has 0 bridgehead atoms. The van der Waals surface area contributed by atoms with Gasteiger partial charge in [-0.2, -0.15) is 0 Å². The molecular weight excluding hydrogens is 215 g/mol. The fraction of sp³-hybridized carbons (Fsp3) is 0.571. The van der Waals surface area contributed by atoms with E-state index >= 15 is 0 Å². The molecule has 0 unspecified atom stereocenters. The van der Waals surface area contributed by atoms with Gasteiger partial charge in [0.25, 0.3) is 0 Å². The minimum atomic E-state index is -0.133. The molecule has 0 spiro atoms. The molecule has 1 fully saturated rings. The molecule has 1 aromatic rings. The van der Waals surface area contributed by atoms with E-state index in [9.17, 15) is 4.39 Å². The third-order valence-electron chi connectivity index (χ3n) is 3.24. The normalized spacial score (nSPS) is 17.3. The summed E-state index contributed by atoms with van der Waals surface area (Å²) < 4.78 is 14.1. The topological polar surface area (TPSA) is 15.3 Å². The Kier molecular flexibility index (Phi) is 3.38. The zero-order valence-corrected chi connectivity index (χ0v) is 10.9. The summed E-state index contributed by atoms with van der Waals surface area (Å²) in [7, 11) is 0. The Bertz CT molecular complexity index is 390. The van der Waals surface area contributed by atoms with E-state index < -0.39 is 0 Å². The van der Waals surface area contributed by atoms with Crippen molar-refractivity contribution >= 4 is 5.69 Å². The Morgan fingerprint density at radius 2 is 1.82 bits per heavy atom. The van der Waals surface area contributed by atoms with Crippen LogP contribution < -0.4 is 10.2 Å². The monoisotopic (exact) mass is 236 g/mol. The molecule has 0 saturated carbocycles. The highest BCUT2D eigenvalue weighted by molar-refractivity contribution is 5.49. The third-order valence-corrected chi connectivity index (χ3v) is 3.24. The van der Waals surface area contributed by atoms with Crippen molar-refractivity contribution in [3.8, 4) is 0 Å². The van der Waals surface area contributed by atoms with Crippen LogP contribution in [0.15, 0.2) is 18.2 Å². The number of benzene rings is 1. The summed E-state index contributed by atoms with van der Waals surface area (Å²) in [5, 5.41) is 3.30. The molecule has 1 aliphatic heterocycles. The molecule has 0 aromatic heterocycles. The lowest BCUT2D eigenvalue weighted by molar-refractivity contribution is 0.521. The van der Waals surface area contributed by atoms with Gasteiger partial charge in [-0.3, -0.25) is 0 Å². The lowest BCUT2D eigenvalue weighted by atomic mass is 9.86. The molecule has 1 saturated heterocycles. The molecule has 1 N–H and O–H groups in total. The summed E-state index contributed by atoms with van der Waals surface area (Å²) in [6, 6.07) is 5.63. The highest BCUT2D eigenvalue weighted by Crippen LogP contribution is 2.28. The molecule has 94 valence electrons. The first kappa shape index (κ1) is 12.4. The van der Waals surface area contributed by atoms with Crippen molar-refractivity contribution in [2.45, 2.75) is 26.2 Å². The number of rotatable bonds is 1. The van der Waals surface area contributed by atoms with Crippen LogP contribution >= 0.6 is 0 Å². The molecule has 0 atom stereocenters. The first-order valence-corrected chi connectivity index (χ1v) is 6.24. The third kappa shape index (κ3) is 2.78. The zero-order chi connectivity index (χ0) is 12.5. The van der Waals surface area contributed by atoms with Crippen LogP contribution in [0.3, 0.4) is 0 Å². The predicted octanol–water partition coefficient (Wildman–Crippen LogP) is 2.53. The number of hydrogen-bond donors (Lipinski definition) is 1. The van der Waals surface area contributed by atoms with Crippen molar-refractivity contribution in [2.24, 2.45) is 0 Å². The Morgan fingerprint density at radius 1 is 1.18 bits per heavy atom. The largest absolute Gasteiger partial charge is 0.369 e. The fourth-order valence-corrected chi connectivity index (χ4v) is 2.23. The first-order chi connectivity index (χ1) is 7.98. The lowest BCUT2D eigenvalue weighted by Crippen LogP contribution is -2.43. The Morgan fingerprint density at radius 3 is 2.35 bits per heavy atom. The predicted molar refractivity (Wildman–Crippen MR) is 70.2 cm³/mol. The van der Waals surface area contributed by atoms with Gasteiger partial charge in [-0.15, -0.1) is 0 Å². The van der Waals surface area contributed by atoms with Crippen LogP contribution in [0.5, 0.6) is 0 Å². The maximum Gasteiger partial charge on any atom is 0.128 e. The summed E-state index contributed by atoms with van der Waals surface area (Å²) >= 11 is 0. The van der Waals surface area contributed by atoms with Crippen molar-refractivity contribution in [2.75, 3.05) is 31.1 Å². The number of hydrogen-bond acceptors (Lipinski definition) is 2. The van der Waals surface area contributed by atoms with Gasteiger partial charge < -0.3 is 10.2 Å². The van der Waals surface area contributed by atoms with Crippen molar-refractivity contribution in [3.05, 3.63) is 29.6 Å². The van der Waals surface area contributed by atoms with Gasteiger partial charge in [0, 0.05) is 31.9 Å². The minimum absolute atomic E-state index is 0.0893.